The summed E-state index contributed by atoms with van der Waals surface area (Å²) in [7, 11) is -3.90. The minimum absolute atomic E-state index is 0.135. The summed E-state index contributed by atoms with van der Waals surface area (Å²) in [6, 6.07) is 15.9. The van der Waals surface area contributed by atoms with E-state index in [0.29, 0.717) is 0 Å². The molecule has 0 heterocycles. The van der Waals surface area contributed by atoms with Gasteiger partial charge < -0.3 is 5.32 Å². The van der Waals surface area contributed by atoms with Gasteiger partial charge in [0.2, 0.25) is 0 Å². The Kier molecular flexibility index (Phi) is 3.41. The second-order valence-electron chi connectivity index (χ2n) is 3.61. The highest BCUT2D eigenvalue weighted by Gasteiger charge is 2.33. The molecule has 0 spiro atoms. The van der Waals surface area contributed by atoms with E-state index in [4.69, 9.17) is 14.7 Å². The Morgan fingerprint density at radius 2 is 1.24 bits per heavy atom. The molecule has 0 aliphatic rings. The van der Waals surface area contributed by atoms with E-state index in [1.807, 2.05) is 30.3 Å². The molecule has 4 nitrogen and oxygen atoms in total. The fourth-order valence-electron chi connectivity index (χ4n) is 1.43. The maximum atomic E-state index is 9.07. The molecule has 4 N–H and O–H groups in total. The van der Waals surface area contributed by atoms with E-state index in [9.17, 15) is 0 Å². The number of anilines is 2. The lowest BCUT2D eigenvalue weighted by molar-refractivity contribution is 0.347. The van der Waals surface area contributed by atoms with E-state index in [1.165, 1.54) is 12.1 Å². The van der Waals surface area contributed by atoms with Gasteiger partial charge in [0.15, 0.2) is 5.30 Å². The minimum atomic E-state index is -3.90. The molecule has 2 aromatic rings. The van der Waals surface area contributed by atoms with Crippen molar-refractivity contribution in [3.63, 3.8) is 0 Å². The first-order chi connectivity index (χ1) is 8.05. The van der Waals surface area contributed by atoms with Crippen molar-refractivity contribution in [1.82, 2.24) is 0 Å². The summed E-state index contributed by atoms with van der Waals surface area (Å²) >= 11 is 0. The van der Waals surface area contributed by atoms with Crippen LogP contribution in [0.25, 0.3) is 0 Å². The minimum Gasteiger partial charge on any atom is -0.356 e. The predicted molar refractivity (Wildman–Crippen MR) is 69.4 cm³/mol. The van der Waals surface area contributed by atoms with Gasteiger partial charge in [-0.3, -0.25) is 0 Å². The van der Waals surface area contributed by atoms with Crippen LogP contribution in [0.5, 0.6) is 0 Å². The van der Waals surface area contributed by atoms with E-state index in [1.54, 1.807) is 12.1 Å². The Labute approximate surface area is 99.8 Å². The van der Waals surface area contributed by atoms with Gasteiger partial charge in [0.25, 0.3) is 0 Å². The van der Waals surface area contributed by atoms with Crippen molar-refractivity contribution in [2.24, 2.45) is 0 Å². The third-order valence-corrected chi connectivity index (χ3v) is 3.27. The molecule has 0 amide bonds. The number of nitrogens with one attached hydrogen (secondary N) is 1. The standard InChI is InChI=1S/C12H13NO3P/c14-17(15,16)12-8-6-11(7-9-12)13-10-4-2-1-3-5-10/h1-9,13-16H/q+1. The van der Waals surface area contributed by atoms with E-state index < -0.39 is 7.94 Å². The zero-order chi connectivity index (χ0) is 12.3. The molecule has 17 heavy (non-hydrogen) atoms. The average Bonchev–Trinajstić information content (AvgIpc) is 2.30. The van der Waals surface area contributed by atoms with E-state index in [0.717, 1.165) is 11.4 Å². The van der Waals surface area contributed by atoms with E-state index in [-0.39, 0.29) is 5.30 Å². The van der Waals surface area contributed by atoms with Crippen molar-refractivity contribution in [3.8, 4) is 0 Å². The number of para-hydroxylation sites is 1. The van der Waals surface area contributed by atoms with Gasteiger partial charge >= 0.3 is 7.94 Å². The molecule has 0 fully saturated rings. The third-order valence-electron chi connectivity index (χ3n) is 2.28. The third kappa shape index (κ3) is 3.25. The zero-order valence-corrected chi connectivity index (χ0v) is 9.88. The molecule has 0 aromatic heterocycles. The largest absolute Gasteiger partial charge is 0.440 e. The van der Waals surface area contributed by atoms with Gasteiger partial charge in [-0.1, -0.05) is 18.2 Å². The smallest absolute Gasteiger partial charge is 0.356 e. The lowest BCUT2D eigenvalue weighted by Gasteiger charge is -2.07. The van der Waals surface area contributed by atoms with Crippen LogP contribution in [0.3, 0.4) is 0 Å². The van der Waals surface area contributed by atoms with Crippen LogP contribution in [-0.4, -0.2) is 14.7 Å². The highest BCUT2D eigenvalue weighted by atomic mass is 31.2. The molecule has 0 atom stereocenters. The molecule has 0 unspecified atom stereocenters. The highest BCUT2D eigenvalue weighted by molar-refractivity contribution is 7.66. The van der Waals surface area contributed by atoms with Gasteiger partial charge in [-0.2, -0.15) is 14.7 Å². The highest BCUT2D eigenvalue weighted by Crippen LogP contribution is 2.42. The summed E-state index contributed by atoms with van der Waals surface area (Å²) < 4.78 is 0. The van der Waals surface area contributed by atoms with Gasteiger partial charge in [-0.25, -0.2) is 0 Å². The van der Waals surface area contributed by atoms with Crippen molar-refractivity contribution in [2.45, 2.75) is 0 Å². The van der Waals surface area contributed by atoms with E-state index >= 15 is 0 Å². The summed E-state index contributed by atoms with van der Waals surface area (Å²) in [5, 5.41) is 3.29. The summed E-state index contributed by atoms with van der Waals surface area (Å²) in [4.78, 5) is 27.2. The number of benzene rings is 2. The second kappa shape index (κ2) is 4.82. The molecule has 0 saturated carbocycles. The van der Waals surface area contributed by atoms with Crippen LogP contribution in [0, 0.1) is 0 Å². The first kappa shape index (κ1) is 12.0. The van der Waals surface area contributed by atoms with Gasteiger partial charge in [0.1, 0.15) is 0 Å². The van der Waals surface area contributed by atoms with Crippen molar-refractivity contribution < 1.29 is 14.7 Å². The maximum absolute atomic E-state index is 9.07. The SMILES string of the molecule is O[P+](O)(O)c1ccc(Nc2ccccc2)cc1. The molecule has 0 aliphatic heterocycles. The van der Waals surface area contributed by atoms with Crippen LogP contribution in [-0.2, 0) is 0 Å². The van der Waals surface area contributed by atoms with Crippen LogP contribution in [0.2, 0.25) is 0 Å². The summed E-state index contributed by atoms with van der Waals surface area (Å²) in [6.07, 6.45) is 0. The molecular weight excluding hydrogens is 237 g/mol. The first-order valence-electron chi connectivity index (χ1n) is 5.06. The van der Waals surface area contributed by atoms with Gasteiger partial charge in [0, 0.05) is 11.4 Å². The van der Waals surface area contributed by atoms with Crippen molar-refractivity contribution in [2.75, 3.05) is 5.32 Å². The normalized spacial score (nSPS) is 11.2. The predicted octanol–water partition coefficient (Wildman–Crippen LogP) is 1.79. The van der Waals surface area contributed by atoms with Gasteiger partial charge in [-0.05, 0) is 36.4 Å². The van der Waals surface area contributed by atoms with Crippen LogP contribution < -0.4 is 10.6 Å². The molecular formula is C12H13NO3P+. The van der Waals surface area contributed by atoms with Gasteiger partial charge in [0.05, 0.1) is 0 Å². The Balaban J connectivity index is 2.14. The first-order valence-corrected chi connectivity index (χ1v) is 6.70. The van der Waals surface area contributed by atoms with Crippen molar-refractivity contribution in [3.05, 3.63) is 54.6 Å². The molecule has 2 aromatic carbocycles. The molecule has 2 rings (SSSR count). The Hall–Kier alpha value is -1.45. The van der Waals surface area contributed by atoms with Crippen LogP contribution in [0.4, 0.5) is 11.4 Å². The van der Waals surface area contributed by atoms with Crippen molar-refractivity contribution >= 4 is 24.6 Å². The fraction of sp³-hybridized carbons (Fsp3) is 0. The topological polar surface area (TPSA) is 72.7 Å². The summed E-state index contributed by atoms with van der Waals surface area (Å²) in [5.74, 6) is 0. The van der Waals surface area contributed by atoms with E-state index in [2.05, 4.69) is 5.32 Å². The lowest BCUT2D eigenvalue weighted by atomic mass is 10.3. The Morgan fingerprint density at radius 1 is 0.706 bits per heavy atom. The van der Waals surface area contributed by atoms with Gasteiger partial charge in [-0.15, -0.1) is 0 Å². The van der Waals surface area contributed by atoms with Crippen LogP contribution in [0.15, 0.2) is 54.6 Å². The molecule has 0 radical (unpaired) electrons. The maximum Gasteiger partial charge on any atom is 0.440 e. The average molecular weight is 250 g/mol. The monoisotopic (exact) mass is 250 g/mol. The van der Waals surface area contributed by atoms with Crippen molar-refractivity contribution in [1.29, 1.82) is 0 Å². The summed E-state index contributed by atoms with van der Waals surface area (Å²) in [5.41, 5.74) is 1.76. The lowest BCUT2D eigenvalue weighted by Crippen LogP contribution is -2.08. The number of rotatable bonds is 3. The summed E-state index contributed by atoms with van der Waals surface area (Å²) in [6.45, 7) is 0. The Morgan fingerprint density at radius 3 is 1.76 bits per heavy atom. The number of hydrogen-bond acceptors (Lipinski definition) is 4. The molecule has 5 heteroatoms. The Bertz CT molecular complexity index is 479. The molecule has 0 saturated heterocycles. The quantitative estimate of drug-likeness (QED) is 0.627. The van der Waals surface area contributed by atoms with Crippen LogP contribution in [0.1, 0.15) is 0 Å². The number of hydrogen-bond donors (Lipinski definition) is 4. The van der Waals surface area contributed by atoms with Crippen LogP contribution >= 0.6 is 7.94 Å². The fourth-order valence-corrected chi connectivity index (χ4v) is 1.98. The second-order valence-corrected chi connectivity index (χ2v) is 5.26. The molecule has 0 aliphatic carbocycles. The molecule has 88 valence electrons. The molecule has 0 bridgehead atoms. The zero-order valence-electron chi connectivity index (χ0n) is 8.99.